The van der Waals surface area contributed by atoms with Gasteiger partial charge in [0.05, 0.1) is 12.6 Å². The minimum Gasteiger partial charge on any atom is -0.341 e. The van der Waals surface area contributed by atoms with E-state index in [0.29, 0.717) is 10.7 Å². The van der Waals surface area contributed by atoms with Gasteiger partial charge < -0.3 is 10.2 Å². The van der Waals surface area contributed by atoms with Gasteiger partial charge in [-0.25, -0.2) is 0 Å². The molecule has 1 heterocycles. The van der Waals surface area contributed by atoms with Gasteiger partial charge >= 0.3 is 0 Å². The van der Waals surface area contributed by atoms with Crippen LogP contribution in [0.5, 0.6) is 0 Å². The normalized spacial score (nSPS) is 16.3. The van der Waals surface area contributed by atoms with Crippen LogP contribution < -0.4 is 5.32 Å². The van der Waals surface area contributed by atoms with E-state index in [4.69, 9.17) is 11.6 Å². The minimum atomic E-state index is -0.302. The van der Waals surface area contributed by atoms with Gasteiger partial charge in [-0.15, -0.1) is 0 Å². The second kappa shape index (κ2) is 8.31. The Bertz CT molecular complexity index is 541. The van der Waals surface area contributed by atoms with Crippen LogP contribution >= 0.6 is 11.6 Å². The molecular weight excluding hydrogens is 314 g/mol. The quantitative estimate of drug-likeness (QED) is 0.898. The number of amides is 2. The number of carbonyl (C=O) groups excluding carboxylic acids is 2. The molecule has 1 aromatic carbocycles. The number of hydrogen-bond donors (Lipinski definition) is 1. The second-order valence-electron chi connectivity index (χ2n) is 6.03. The van der Waals surface area contributed by atoms with E-state index >= 15 is 0 Å². The molecule has 1 aromatic rings. The first-order valence-electron chi connectivity index (χ1n) is 8.02. The zero-order valence-electron chi connectivity index (χ0n) is 13.7. The topological polar surface area (TPSA) is 52.7 Å². The fourth-order valence-electron chi connectivity index (χ4n) is 2.66. The Balaban J connectivity index is 1.84. The summed E-state index contributed by atoms with van der Waals surface area (Å²) in [4.78, 5) is 28.2. The number of carbonyl (C=O) groups is 2. The summed E-state index contributed by atoms with van der Waals surface area (Å²) in [6.07, 6.45) is 3.33. The standard InChI is InChI=1S/C17H24ClN3O2/c1-13(17(23)21-10-4-3-5-11-21)20(2)12-16(22)19-15-8-6-14(18)7-9-15/h6-9,13H,3-5,10-12H2,1-2H3,(H,19,22)/t13-/m0/s1. The van der Waals surface area contributed by atoms with Crippen LogP contribution in [-0.4, -0.2) is 54.3 Å². The molecule has 1 aliphatic rings. The van der Waals surface area contributed by atoms with Crippen molar-refractivity contribution in [1.82, 2.24) is 9.80 Å². The van der Waals surface area contributed by atoms with Crippen LogP contribution in [0, 0.1) is 0 Å². The molecule has 0 spiro atoms. The van der Waals surface area contributed by atoms with Gasteiger partial charge in [0, 0.05) is 23.8 Å². The van der Waals surface area contributed by atoms with Crippen LogP contribution in [0.3, 0.4) is 0 Å². The largest absolute Gasteiger partial charge is 0.341 e. The summed E-state index contributed by atoms with van der Waals surface area (Å²) in [6, 6.07) is 6.65. The lowest BCUT2D eigenvalue weighted by atomic mass is 10.1. The van der Waals surface area contributed by atoms with E-state index in [1.54, 1.807) is 36.2 Å². The van der Waals surface area contributed by atoms with E-state index in [2.05, 4.69) is 5.32 Å². The Morgan fingerprint density at radius 3 is 2.43 bits per heavy atom. The molecule has 0 saturated carbocycles. The van der Waals surface area contributed by atoms with Crippen molar-refractivity contribution in [2.24, 2.45) is 0 Å². The van der Waals surface area contributed by atoms with Crippen LogP contribution in [0.4, 0.5) is 5.69 Å². The van der Waals surface area contributed by atoms with Crippen LogP contribution in [0.2, 0.25) is 5.02 Å². The van der Waals surface area contributed by atoms with Crippen molar-refractivity contribution in [3.05, 3.63) is 29.3 Å². The Labute approximate surface area is 142 Å². The molecule has 1 aliphatic heterocycles. The van der Waals surface area contributed by atoms with E-state index in [1.165, 1.54) is 6.42 Å². The molecule has 2 amide bonds. The lowest BCUT2D eigenvalue weighted by molar-refractivity contribution is -0.137. The maximum absolute atomic E-state index is 12.5. The van der Waals surface area contributed by atoms with Crippen molar-refractivity contribution >= 4 is 29.1 Å². The summed E-state index contributed by atoms with van der Waals surface area (Å²) in [5, 5.41) is 3.44. The molecule has 0 unspecified atom stereocenters. The number of benzene rings is 1. The van der Waals surface area contributed by atoms with E-state index in [9.17, 15) is 9.59 Å². The molecule has 2 rings (SSSR count). The molecule has 23 heavy (non-hydrogen) atoms. The van der Waals surface area contributed by atoms with Gasteiger partial charge in [0.25, 0.3) is 0 Å². The maximum Gasteiger partial charge on any atom is 0.239 e. The average Bonchev–Trinajstić information content (AvgIpc) is 2.56. The van der Waals surface area contributed by atoms with E-state index < -0.39 is 0 Å². The number of anilines is 1. The molecule has 0 bridgehead atoms. The Kier molecular flexibility index (Phi) is 6.42. The van der Waals surface area contributed by atoms with Crippen LogP contribution in [0.15, 0.2) is 24.3 Å². The first kappa shape index (κ1) is 17.8. The third kappa shape index (κ3) is 5.22. The molecule has 5 nitrogen and oxygen atoms in total. The summed E-state index contributed by atoms with van der Waals surface area (Å²) >= 11 is 5.82. The molecule has 126 valence electrons. The Hall–Kier alpha value is -1.59. The Morgan fingerprint density at radius 1 is 1.22 bits per heavy atom. The molecule has 0 aliphatic carbocycles. The second-order valence-corrected chi connectivity index (χ2v) is 6.47. The van der Waals surface area contributed by atoms with Gasteiger partial charge in [-0.3, -0.25) is 14.5 Å². The zero-order chi connectivity index (χ0) is 16.8. The van der Waals surface area contributed by atoms with Gasteiger partial charge in [0.2, 0.25) is 11.8 Å². The van der Waals surface area contributed by atoms with Gasteiger partial charge in [0.15, 0.2) is 0 Å². The SMILES string of the molecule is C[C@@H](C(=O)N1CCCCC1)N(C)CC(=O)Nc1ccc(Cl)cc1. The zero-order valence-corrected chi connectivity index (χ0v) is 14.5. The highest BCUT2D eigenvalue weighted by atomic mass is 35.5. The predicted octanol–water partition coefficient (Wildman–Crippen LogP) is 2.61. The Morgan fingerprint density at radius 2 is 1.83 bits per heavy atom. The van der Waals surface area contributed by atoms with Crippen molar-refractivity contribution in [3.8, 4) is 0 Å². The van der Waals surface area contributed by atoms with Gasteiger partial charge in [-0.2, -0.15) is 0 Å². The van der Waals surface area contributed by atoms with Crippen LogP contribution in [-0.2, 0) is 9.59 Å². The van der Waals surface area contributed by atoms with E-state index in [1.807, 2.05) is 11.8 Å². The van der Waals surface area contributed by atoms with Crippen molar-refractivity contribution in [2.45, 2.75) is 32.2 Å². The van der Waals surface area contributed by atoms with Crippen molar-refractivity contribution < 1.29 is 9.59 Å². The summed E-state index contributed by atoms with van der Waals surface area (Å²) in [6.45, 7) is 3.68. The lowest BCUT2D eigenvalue weighted by Crippen LogP contribution is -2.49. The fraction of sp³-hybridized carbons (Fsp3) is 0.529. The predicted molar refractivity (Wildman–Crippen MR) is 92.6 cm³/mol. The smallest absolute Gasteiger partial charge is 0.239 e. The highest BCUT2D eigenvalue weighted by Gasteiger charge is 2.25. The highest BCUT2D eigenvalue weighted by molar-refractivity contribution is 6.30. The first-order valence-corrected chi connectivity index (χ1v) is 8.39. The number of rotatable bonds is 5. The molecule has 1 fully saturated rings. The number of hydrogen-bond acceptors (Lipinski definition) is 3. The monoisotopic (exact) mass is 337 g/mol. The molecule has 1 atom stereocenters. The maximum atomic E-state index is 12.5. The number of nitrogens with one attached hydrogen (secondary N) is 1. The minimum absolute atomic E-state index is 0.103. The molecule has 6 heteroatoms. The van der Waals surface area contributed by atoms with Crippen molar-refractivity contribution in [2.75, 3.05) is 32.0 Å². The van der Waals surface area contributed by atoms with Gasteiger partial charge in [-0.1, -0.05) is 11.6 Å². The third-order valence-corrected chi connectivity index (χ3v) is 4.46. The third-order valence-electron chi connectivity index (χ3n) is 4.21. The first-order chi connectivity index (χ1) is 11.0. The lowest BCUT2D eigenvalue weighted by Gasteiger charge is -2.32. The molecule has 0 radical (unpaired) electrons. The average molecular weight is 338 g/mol. The van der Waals surface area contributed by atoms with Crippen molar-refractivity contribution in [1.29, 1.82) is 0 Å². The molecule has 0 aromatic heterocycles. The highest BCUT2D eigenvalue weighted by Crippen LogP contribution is 2.14. The van der Waals surface area contributed by atoms with E-state index in [-0.39, 0.29) is 24.4 Å². The molecule has 1 N–H and O–H groups in total. The number of piperidine rings is 1. The summed E-state index contributed by atoms with van der Waals surface area (Å²) < 4.78 is 0. The number of halogens is 1. The molecule has 1 saturated heterocycles. The fourth-order valence-corrected chi connectivity index (χ4v) is 2.79. The number of likely N-dealkylation sites (tertiary alicyclic amines) is 1. The van der Waals surface area contributed by atoms with Crippen LogP contribution in [0.25, 0.3) is 0 Å². The summed E-state index contributed by atoms with van der Waals surface area (Å²) in [5.41, 5.74) is 0.697. The summed E-state index contributed by atoms with van der Waals surface area (Å²) in [7, 11) is 1.80. The number of likely N-dealkylation sites (N-methyl/N-ethyl adjacent to an activating group) is 1. The summed E-state index contributed by atoms with van der Waals surface area (Å²) in [5.74, 6) is -0.0420. The van der Waals surface area contributed by atoms with Crippen LogP contribution in [0.1, 0.15) is 26.2 Å². The van der Waals surface area contributed by atoms with Gasteiger partial charge in [0.1, 0.15) is 0 Å². The number of nitrogens with zero attached hydrogens (tertiary/aromatic N) is 2. The molecular formula is C17H24ClN3O2. The van der Waals surface area contributed by atoms with E-state index in [0.717, 1.165) is 25.9 Å². The van der Waals surface area contributed by atoms with Gasteiger partial charge in [-0.05, 0) is 57.5 Å². The van der Waals surface area contributed by atoms with Crippen molar-refractivity contribution in [3.63, 3.8) is 0 Å².